The van der Waals surface area contributed by atoms with Crippen molar-refractivity contribution in [2.75, 3.05) is 0 Å². The molecule has 1 aliphatic rings. The van der Waals surface area contributed by atoms with Gasteiger partial charge in [-0.25, -0.2) is 9.78 Å². The molecular formula is C26H23N3O2. The van der Waals surface area contributed by atoms with Crippen molar-refractivity contribution < 1.29 is 9.90 Å². The van der Waals surface area contributed by atoms with E-state index in [-0.39, 0.29) is 0 Å². The normalized spacial score (nSPS) is 14.7. The standard InChI is InChI=1S/C26H23N3O2/c30-24(31)28-25(16-17-25)23-18-27-19-29(23)26(20-10-4-1-5-11-20,21-12-6-2-7-13-21)22-14-8-3-9-15-22/h1-15,18-19,28H,16-17H2,(H,30,31). The molecule has 0 saturated heterocycles. The molecule has 5 nitrogen and oxygen atoms in total. The summed E-state index contributed by atoms with van der Waals surface area (Å²) in [6.07, 6.45) is 4.10. The van der Waals surface area contributed by atoms with Gasteiger partial charge in [0.15, 0.2) is 0 Å². The summed E-state index contributed by atoms with van der Waals surface area (Å²) in [6.45, 7) is 0. The molecule has 1 fully saturated rings. The van der Waals surface area contributed by atoms with Gasteiger partial charge >= 0.3 is 6.09 Å². The number of nitrogens with one attached hydrogen (secondary N) is 1. The van der Waals surface area contributed by atoms with Crippen LogP contribution in [0.2, 0.25) is 0 Å². The van der Waals surface area contributed by atoms with Crippen LogP contribution in [0.15, 0.2) is 104 Å². The van der Waals surface area contributed by atoms with E-state index in [0.717, 1.165) is 35.2 Å². The van der Waals surface area contributed by atoms with Crippen molar-refractivity contribution in [3.05, 3.63) is 126 Å². The van der Waals surface area contributed by atoms with Gasteiger partial charge < -0.3 is 15.0 Å². The number of rotatable bonds is 6. The van der Waals surface area contributed by atoms with Gasteiger partial charge in [0.05, 0.1) is 23.8 Å². The highest BCUT2D eigenvalue weighted by atomic mass is 16.4. The summed E-state index contributed by atoms with van der Waals surface area (Å²) < 4.78 is 2.15. The zero-order chi connectivity index (χ0) is 21.3. The fraction of sp³-hybridized carbons (Fsp3) is 0.154. The van der Waals surface area contributed by atoms with Crippen molar-refractivity contribution in [1.29, 1.82) is 0 Å². The first-order valence-electron chi connectivity index (χ1n) is 10.4. The van der Waals surface area contributed by atoms with Gasteiger partial charge in [0.2, 0.25) is 0 Å². The maximum absolute atomic E-state index is 11.6. The van der Waals surface area contributed by atoms with Gasteiger partial charge in [-0.3, -0.25) is 0 Å². The summed E-state index contributed by atoms with van der Waals surface area (Å²) in [5.74, 6) is 0. The fourth-order valence-electron chi connectivity index (χ4n) is 4.65. The third kappa shape index (κ3) is 3.10. The second-order valence-electron chi connectivity index (χ2n) is 7.97. The van der Waals surface area contributed by atoms with Gasteiger partial charge in [0, 0.05) is 0 Å². The number of aromatic nitrogens is 2. The average Bonchev–Trinajstić information content (AvgIpc) is 3.40. The Bertz CT molecular complexity index is 1090. The van der Waals surface area contributed by atoms with Gasteiger partial charge in [-0.15, -0.1) is 0 Å². The van der Waals surface area contributed by atoms with Crippen LogP contribution in [0.25, 0.3) is 0 Å². The third-order valence-electron chi connectivity index (χ3n) is 6.16. The summed E-state index contributed by atoms with van der Waals surface area (Å²) in [6, 6.07) is 31.0. The predicted octanol–water partition coefficient (Wildman–Crippen LogP) is 4.98. The van der Waals surface area contributed by atoms with Crippen molar-refractivity contribution in [3.63, 3.8) is 0 Å². The smallest absolute Gasteiger partial charge is 0.405 e. The molecule has 154 valence electrons. The number of benzene rings is 3. The number of carbonyl (C=O) groups is 1. The molecule has 2 N–H and O–H groups in total. The third-order valence-corrected chi connectivity index (χ3v) is 6.16. The lowest BCUT2D eigenvalue weighted by atomic mass is 9.76. The van der Waals surface area contributed by atoms with Crippen LogP contribution in [0.1, 0.15) is 35.2 Å². The van der Waals surface area contributed by atoms with Gasteiger partial charge in [-0.05, 0) is 29.5 Å². The van der Waals surface area contributed by atoms with E-state index in [9.17, 15) is 9.90 Å². The number of amides is 1. The highest BCUT2D eigenvalue weighted by Gasteiger charge is 2.51. The molecule has 0 spiro atoms. The fourth-order valence-corrected chi connectivity index (χ4v) is 4.65. The van der Waals surface area contributed by atoms with Crippen molar-refractivity contribution in [1.82, 2.24) is 14.9 Å². The van der Waals surface area contributed by atoms with E-state index in [0.29, 0.717) is 0 Å². The molecule has 31 heavy (non-hydrogen) atoms. The Kier molecular flexibility index (Phi) is 4.59. The van der Waals surface area contributed by atoms with Crippen molar-refractivity contribution in [3.8, 4) is 0 Å². The minimum atomic E-state index is -1.02. The number of hydrogen-bond donors (Lipinski definition) is 2. The number of nitrogens with zero attached hydrogens (tertiary/aromatic N) is 2. The lowest BCUT2D eigenvalue weighted by molar-refractivity contribution is 0.187. The number of imidazole rings is 1. The molecule has 1 amide bonds. The minimum absolute atomic E-state index is 0.619. The summed E-state index contributed by atoms with van der Waals surface area (Å²) in [5.41, 5.74) is 2.79. The SMILES string of the molecule is O=C(O)NC1(c2cncn2C(c2ccccc2)(c2ccccc2)c2ccccc2)CC1. The monoisotopic (exact) mass is 409 g/mol. The molecule has 1 aliphatic carbocycles. The zero-order valence-corrected chi connectivity index (χ0v) is 17.0. The molecule has 0 unspecified atom stereocenters. The molecule has 1 aromatic heterocycles. The van der Waals surface area contributed by atoms with Gasteiger partial charge in [0.25, 0.3) is 0 Å². The molecule has 0 atom stereocenters. The first-order valence-corrected chi connectivity index (χ1v) is 10.4. The molecule has 0 radical (unpaired) electrons. The van der Waals surface area contributed by atoms with Crippen molar-refractivity contribution >= 4 is 6.09 Å². The van der Waals surface area contributed by atoms with E-state index >= 15 is 0 Å². The summed E-state index contributed by atoms with van der Waals surface area (Å²) in [7, 11) is 0. The van der Waals surface area contributed by atoms with E-state index in [4.69, 9.17) is 0 Å². The van der Waals surface area contributed by atoms with Crippen LogP contribution in [-0.2, 0) is 11.1 Å². The Morgan fingerprint density at radius 1 is 0.839 bits per heavy atom. The molecule has 0 aliphatic heterocycles. The Morgan fingerprint density at radius 3 is 1.68 bits per heavy atom. The summed E-state index contributed by atoms with van der Waals surface area (Å²) in [4.78, 5) is 16.1. The molecule has 5 heteroatoms. The van der Waals surface area contributed by atoms with Crippen molar-refractivity contribution in [2.24, 2.45) is 0 Å². The van der Waals surface area contributed by atoms with Crippen LogP contribution in [-0.4, -0.2) is 20.8 Å². The van der Waals surface area contributed by atoms with Crippen LogP contribution < -0.4 is 5.32 Å². The maximum atomic E-state index is 11.6. The Balaban J connectivity index is 1.85. The van der Waals surface area contributed by atoms with Crippen LogP contribution in [0.3, 0.4) is 0 Å². The van der Waals surface area contributed by atoms with Gasteiger partial charge in [-0.2, -0.15) is 0 Å². The van der Waals surface area contributed by atoms with E-state index in [1.165, 1.54) is 0 Å². The first-order chi connectivity index (χ1) is 15.2. The average molecular weight is 409 g/mol. The van der Waals surface area contributed by atoms with E-state index in [1.807, 2.05) is 60.9 Å². The van der Waals surface area contributed by atoms with Gasteiger partial charge in [-0.1, -0.05) is 91.0 Å². The summed E-state index contributed by atoms with van der Waals surface area (Å²) >= 11 is 0. The van der Waals surface area contributed by atoms with Crippen LogP contribution in [0.4, 0.5) is 4.79 Å². The van der Waals surface area contributed by atoms with E-state index in [2.05, 4.69) is 51.3 Å². The lowest BCUT2D eigenvalue weighted by Crippen LogP contribution is -2.43. The highest BCUT2D eigenvalue weighted by molar-refractivity contribution is 5.67. The van der Waals surface area contributed by atoms with Crippen LogP contribution in [0.5, 0.6) is 0 Å². The Labute approximate surface area is 181 Å². The minimum Gasteiger partial charge on any atom is -0.465 e. The molecular weight excluding hydrogens is 386 g/mol. The van der Waals surface area contributed by atoms with Crippen LogP contribution in [0, 0.1) is 0 Å². The zero-order valence-electron chi connectivity index (χ0n) is 17.0. The van der Waals surface area contributed by atoms with E-state index in [1.54, 1.807) is 6.20 Å². The van der Waals surface area contributed by atoms with Crippen LogP contribution >= 0.6 is 0 Å². The van der Waals surface area contributed by atoms with E-state index < -0.39 is 17.2 Å². The van der Waals surface area contributed by atoms with Crippen molar-refractivity contribution in [2.45, 2.75) is 23.9 Å². The molecule has 0 bridgehead atoms. The number of carboxylic acid groups (broad SMARTS) is 1. The molecule has 4 aromatic rings. The largest absolute Gasteiger partial charge is 0.465 e. The predicted molar refractivity (Wildman–Crippen MR) is 119 cm³/mol. The Morgan fingerprint density at radius 2 is 1.29 bits per heavy atom. The molecule has 1 heterocycles. The highest BCUT2D eigenvalue weighted by Crippen LogP contribution is 2.49. The number of hydrogen-bond acceptors (Lipinski definition) is 2. The molecule has 3 aromatic carbocycles. The summed E-state index contributed by atoms with van der Waals surface area (Å²) in [5, 5.41) is 12.2. The van der Waals surface area contributed by atoms with Gasteiger partial charge in [0.1, 0.15) is 5.54 Å². The second-order valence-corrected chi connectivity index (χ2v) is 7.97. The quantitative estimate of drug-likeness (QED) is 0.441. The Hall–Kier alpha value is -3.86. The molecule has 1 saturated carbocycles. The first kappa shape index (κ1) is 19.1. The topological polar surface area (TPSA) is 67.2 Å². The maximum Gasteiger partial charge on any atom is 0.405 e. The lowest BCUT2D eigenvalue weighted by Gasteiger charge is -2.39. The molecule has 5 rings (SSSR count). The second kappa shape index (κ2) is 7.43.